The van der Waals surface area contributed by atoms with Crippen LogP contribution < -0.4 is 0 Å². The highest BCUT2D eigenvalue weighted by Gasteiger charge is 2.55. The van der Waals surface area contributed by atoms with Gasteiger partial charge in [-0.1, -0.05) is 0 Å². The van der Waals surface area contributed by atoms with E-state index in [0.717, 1.165) is 0 Å². The van der Waals surface area contributed by atoms with E-state index in [-0.39, 0.29) is 19.0 Å². The first kappa shape index (κ1) is 10.8. The molecule has 86 valence electrons. The molecule has 0 atom stereocenters. The lowest BCUT2D eigenvalue weighted by molar-refractivity contribution is -0.208. The van der Waals surface area contributed by atoms with Crippen LogP contribution in [-0.2, 0) is 9.53 Å². The summed E-state index contributed by atoms with van der Waals surface area (Å²) in [6.45, 7) is 1.83. The lowest BCUT2D eigenvalue weighted by Gasteiger charge is -2.50. The zero-order valence-electron chi connectivity index (χ0n) is 8.37. The fraction of sp³-hybridized carbons (Fsp3) is 0.889. The normalized spacial score (nSPS) is 27.1. The first-order valence-electron chi connectivity index (χ1n) is 4.75. The van der Waals surface area contributed by atoms with Crippen LogP contribution in [0.1, 0.15) is 6.92 Å². The van der Waals surface area contributed by atoms with Crippen molar-refractivity contribution in [3.63, 3.8) is 0 Å². The molecule has 2 aliphatic rings. The van der Waals surface area contributed by atoms with Crippen molar-refractivity contribution >= 4 is 5.91 Å². The van der Waals surface area contributed by atoms with E-state index in [4.69, 9.17) is 4.74 Å². The molecule has 2 rings (SSSR count). The van der Waals surface area contributed by atoms with E-state index in [2.05, 4.69) is 0 Å². The molecule has 0 aromatic carbocycles. The van der Waals surface area contributed by atoms with Gasteiger partial charge in [-0.2, -0.15) is 0 Å². The standard InChI is InChI=1S/C9H13F2NO3/c1-8(4-15-5-8)7(13)12-2-9(14,3-12)6(10)11/h6,14H,2-5H2,1H3. The van der Waals surface area contributed by atoms with E-state index >= 15 is 0 Å². The zero-order valence-corrected chi connectivity index (χ0v) is 8.37. The molecule has 0 radical (unpaired) electrons. The predicted molar refractivity (Wildman–Crippen MR) is 46.5 cm³/mol. The van der Waals surface area contributed by atoms with Crippen LogP contribution in [0.15, 0.2) is 0 Å². The Kier molecular flexibility index (Phi) is 2.24. The second-order valence-corrected chi connectivity index (χ2v) is 4.62. The van der Waals surface area contributed by atoms with Crippen LogP contribution in [0.3, 0.4) is 0 Å². The molecule has 0 spiro atoms. The van der Waals surface area contributed by atoms with E-state index in [1.165, 1.54) is 4.90 Å². The van der Waals surface area contributed by atoms with Crippen LogP contribution in [0.4, 0.5) is 8.78 Å². The maximum atomic E-state index is 12.3. The minimum Gasteiger partial charge on any atom is -0.380 e. The Morgan fingerprint density at radius 3 is 2.33 bits per heavy atom. The van der Waals surface area contributed by atoms with Gasteiger partial charge in [0.2, 0.25) is 5.91 Å². The van der Waals surface area contributed by atoms with Crippen molar-refractivity contribution in [1.29, 1.82) is 0 Å². The quantitative estimate of drug-likeness (QED) is 0.706. The third-order valence-corrected chi connectivity index (χ3v) is 2.98. The summed E-state index contributed by atoms with van der Waals surface area (Å²) in [4.78, 5) is 13.0. The molecule has 0 aromatic heterocycles. The van der Waals surface area contributed by atoms with Gasteiger partial charge in [-0.25, -0.2) is 8.78 Å². The summed E-state index contributed by atoms with van der Waals surface area (Å²) in [5.41, 5.74) is -2.58. The smallest absolute Gasteiger partial charge is 0.270 e. The Morgan fingerprint density at radius 1 is 1.47 bits per heavy atom. The molecule has 2 fully saturated rings. The van der Waals surface area contributed by atoms with Gasteiger partial charge in [0.05, 0.1) is 31.7 Å². The second kappa shape index (κ2) is 3.12. The Balaban J connectivity index is 1.92. The van der Waals surface area contributed by atoms with E-state index in [9.17, 15) is 18.7 Å². The molecule has 2 heterocycles. The Hall–Kier alpha value is -0.750. The van der Waals surface area contributed by atoms with E-state index in [0.29, 0.717) is 13.2 Å². The number of amides is 1. The fourth-order valence-corrected chi connectivity index (χ4v) is 1.81. The largest absolute Gasteiger partial charge is 0.380 e. The van der Waals surface area contributed by atoms with Gasteiger partial charge in [0, 0.05) is 0 Å². The van der Waals surface area contributed by atoms with Crippen LogP contribution in [0, 0.1) is 5.41 Å². The molecular formula is C9H13F2NO3. The number of halogens is 2. The Labute approximate surface area is 85.8 Å². The van der Waals surface area contributed by atoms with Gasteiger partial charge in [-0.3, -0.25) is 4.79 Å². The number of rotatable bonds is 2. The third-order valence-electron chi connectivity index (χ3n) is 2.98. The maximum absolute atomic E-state index is 12.3. The molecule has 1 amide bonds. The molecule has 15 heavy (non-hydrogen) atoms. The lowest BCUT2D eigenvalue weighted by atomic mass is 9.83. The van der Waals surface area contributed by atoms with E-state index in [1.54, 1.807) is 6.92 Å². The molecule has 0 aromatic rings. The monoisotopic (exact) mass is 221 g/mol. The van der Waals surface area contributed by atoms with Crippen LogP contribution >= 0.6 is 0 Å². The number of ether oxygens (including phenoxy) is 1. The van der Waals surface area contributed by atoms with Gasteiger partial charge in [0.15, 0.2) is 5.60 Å². The van der Waals surface area contributed by atoms with E-state index in [1.807, 2.05) is 0 Å². The van der Waals surface area contributed by atoms with Crippen molar-refractivity contribution in [2.45, 2.75) is 19.0 Å². The first-order valence-corrected chi connectivity index (χ1v) is 4.75. The summed E-state index contributed by atoms with van der Waals surface area (Å²) in [6, 6.07) is 0. The fourth-order valence-electron chi connectivity index (χ4n) is 1.81. The molecule has 4 nitrogen and oxygen atoms in total. The topological polar surface area (TPSA) is 49.8 Å². The van der Waals surface area contributed by atoms with Crippen LogP contribution in [0.2, 0.25) is 0 Å². The summed E-state index contributed by atoms with van der Waals surface area (Å²) in [5, 5.41) is 9.29. The number of carbonyl (C=O) groups is 1. The summed E-state index contributed by atoms with van der Waals surface area (Å²) >= 11 is 0. The molecule has 0 aliphatic carbocycles. The van der Waals surface area contributed by atoms with Gasteiger partial charge in [0.1, 0.15) is 0 Å². The first-order chi connectivity index (χ1) is 6.87. The number of hydrogen-bond acceptors (Lipinski definition) is 3. The van der Waals surface area contributed by atoms with Crippen LogP contribution in [0.25, 0.3) is 0 Å². The van der Waals surface area contributed by atoms with Crippen molar-refractivity contribution in [2.75, 3.05) is 26.3 Å². The van der Waals surface area contributed by atoms with Gasteiger partial charge in [-0.15, -0.1) is 0 Å². The molecule has 6 heteroatoms. The van der Waals surface area contributed by atoms with Crippen molar-refractivity contribution in [1.82, 2.24) is 4.90 Å². The average molecular weight is 221 g/mol. The van der Waals surface area contributed by atoms with E-state index < -0.39 is 17.4 Å². The van der Waals surface area contributed by atoms with Crippen molar-refractivity contribution in [3.05, 3.63) is 0 Å². The maximum Gasteiger partial charge on any atom is 0.270 e. The van der Waals surface area contributed by atoms with Crippen molar-refractivity contribution < 1.29 is 23.4 Å². The molecule has 0 saturated carbocycles. The van der Waals surface area contributed by atoms with Crippen molar-refractivity contribution in [2.24, 2.45) is 5.41 Å². The molecule has 1 N–H and O–H groups in total. The third kappa shape index (κ3) is 1.52. The summed E-state index contributed by atoms with van der Waals surface area (Å²) in [5.74, 6) is -0.209. The van der Waals surface area contributed by atoms with Crippen LogP contribution in [-0.4, -0.2) is 54.2 Å². The van der Waals surface area contributed by atoms with Gasteiger partial charge in [-0.05, 0) is 6.92 Å². The molecule has 0 bridgehead atoms. The summed E-state index contributed by atoms with van der Waals surface area (Å²) in [7, 11) is 0. The van der Waals surface area contributed by atoms with Gasteiger partial charge in [0.25, 0.3) is 6.43 Å². The Morgan fingerprint density at radius 2 is 2.00 bits per heavy atom. The number of likely N-dealkylation sites (tertiary alicyclic amines) is 1. The molecular weight excluding hydrogens is 208 g/mol. The number of hydrogen-bond donors (Lipinski definition) is 1. The second-order valence-electron chi connectivity index (χ2n) is 4.62. The summed E-state index contributed by atoms with van der Waals surface area (Å²) in [6.07, 6.45) is -2.80. The minimum absolute atomic E-state index is 0.209. The minimum atomic E-state index is -2.80. The van der Waals surface area contributed by atoms with Crippen molar-refractivity contribution in [3.8, 4) is 0 Å². The highest BCUT2D eigenvalue weighted by Crippen LogP contribution is 2.35. The number of carbonyl (C=O) groups excluding carboxylic acids is 1. The van der Waals surface area contributed by atoms with Crippen LogP contribution in [0.5, 0.6) is 0 Å². The van der Waals surface area contributed by atoms with Gasteiger partial charge < -0.3 is 14.7 Å². The highest BCUT2D eigenvalue weighted by atomic mass is 19.3. The molecule has 0 unspecified atom stereocenters. The Bertz CT molecular complexity index is 285. The lowest BCUT2D eigenvalue weighted by Crippen LogP contribution is -2.70. The summed E-state index contributed by atoms with van der Waals surface area (Å²) < 4.78 is 29.5. The SMILES string of the molecule is CC1(C(=O)N2CC(O)(C(F)F)C2)COC1. The van der Waals surface area contributed by atoms with Gasteiger partial charge >= 0.3 is 0 Å². The highest BCUT2D eigenvalue weighted by molar-refractivity contribution is 5.84. The predicted octanol–water partition coefficient (Wildman–Crippen LogP) is -0.139. The average Bonchev–Trinajstić information content (AvgIpc) is 2.07. The zero-order chi connectivity index (χ0) is 11.3. The number of aliphatic hydroxyl groups is 1. The molecule has 2 aliphatic heterocycles. The number of β-amino-alcohol motifs (C(OH)–C–C–N with tert-alkyl or cyclic N) is 1. The molecule has 2 saturated heterocycles. The number of nitrogens with zero attached hydrogens (tertiary/aromatic N) is 1. The number of alkyl halides is 2.